The summed E-state index contributed by atoms with van der Waals surface area (Å²) in [4.78, 5) is 27.9. The Hall–Kier alpha value is -2.69. The van der Waals surface area contributed by atoms with Crippen LogP contribution in [0.4, 0.5) is 4.39 Å². The monoisotopic (exact) mass is 412 g/mol. The molecule has 0 unspecified atom stereocenters. The molecule has 0 bridgehead atoms. The topological polar surface area (TPSA) is 49.4 Å². The molecule has 0 radical (unpaired) electrons. The minimum absolute atomic E-state index is 0.0936. The van der Waals surface area contributed by atoms with Crippen molar-refractivity contribution in [2.24, 2.45) is 5.92 Å². The molecule has 2 amide bonds. The van der Waals surface area contributed by atoms with Crippen LogP contribution in [0, 0.1) is 11.7 Å². The summed E-state index contributed by atoms with van der Waals surface area (Å²) in [6.07, 6.45) is 3.47. The SMILES string of the molecule is CCCCCNC(=O)[C@H](Cc1ccccc1)N(Cc1ccc(F)cc1)C(=O)C(C)C. The molecule has 0 fully saturated rings. The van der Waals surface area contributed by atoms with Crippen molar-refractivity contribution in [3.05, 3.63) is 71.5 Å². The number of rotatable bonds is 11. The molecular formula is C25H33FN2O2. The van der Waals surface area contributed by atoms with Gasteiger partial charge in [-0.15, -0.1) is 0 Å². The van der Waals surface area contributed by atoms with Gasteiger partial charge in [0.25, 0.3) is 0 Å². The van der Waals surface area contributed by atoms with Gasteiger partial charge in [0.05, 0.1) is 0 Å². The molecule has 0 saturated carbocycles. The van der Waals surface area contributed by atoms with E-state index in [1.807, 2.05) is 44.2 Å². The molecule has 30 heavy (non-hydrogen) atoms. The van der Waals surface area contributed by atoms with Crippen LogP contribution in [0.25, 0.3) is 0 Å². The van der Waals surface area contributed by atoms with Crippen molar-refractivity contribution in [3.8, 4) is 0 Å². The van der Waals surface area contributed by atoms with Gasteiger partial charge in [0.1, 0.15) is 11.9 Å². The number of unbranched alkanes of at least 4 members (excludes halogenated alkanes) is 2. The molecule has 0 saturated heterocycles. The van der Waals surface area contributed by atoms with Crippen LogP contribution in [-0.2, 0) is 22.6 Å². The van der Waals surface area contributed by atoms with Gasteiger partial charge in [-0.3, -0.25) is 9.59 Å². The number of hydrogen-bond acceptors (Lipinski definition) is 2. The first-order valence-electron chi connectivity index (χ1n) is 10.8. The van der Waals surface area contributed by atoms with Gasteiger partial charge in [-0.2, -0.15) is 0 Å². The third kappa shape index (κ3) is 7.29. The Kier molecular flexibility index (Phi) is 9.52. The summed E-state index contributed by atoms with van der Waals surface area (Å²) in [6, 6.07) is 15.2. The van der Waals surface area contributed by atoms with E-state index in [0.717, 1.165) is 30.4 Å². The van der Waals surface area contributed by atoms with Gasteiger partial charge in [-0.1, -0.05) is 76.1 Å². The van der Waals surface area contributed by atoms with E-state index in [-0.39, 0.29) is 30.1 Å². The fraction of sp³-hybridized carbons (Fsp3) is 0.440. The fourth-order valence-electron chi connectivity index (χ4n) is 3.35. The second kappa shape index (κ2) is 12.1. The standard InChI is InChI=1S/C25H33FN2O2/c1-4-5-9-16-27-24(29)23(17-20-10-7-6-8-11-20)28(25(30)19(2)3)18-21-12-14-22(26)15-13-21/h6-8,10-15,19,23H,4-5,9,16-18H2,1-3H3,(H,27,29)/t23-/m0/s1. The number of hydrogen-bond donors (Lipinski definition) is 1. The quantitative estimate of drug-likeness (QED) is 0.543. The van der Waals surface area contributed by atoms with Crippen LogP contribution in [0.15, 0.2) is 54.6 Å². The highest BCUT2D eigenvalue weighted by Crippen LogP contribution is 2.17. The second-order valence-corrected chi connectivity index (χ2v) is 7.95. The third-order valence-electron chi connectivity index (χ3n) is 5.07. The number of nitrogens with one attached hydrogen (secondary N) is 1. The van der Waals surface area contributed by atoms with Gasteiger partial charge in [-0.25, -0.2) is 4.39 Å². The predicted octanol–water partition coefficient (Wildman–Crippen LogP) is 4.73. The molecule has 162 valence electrons. The number of benzene rings is 2. The Morgan fingerprint density at radius 1 is 0.967 bits per heavy atom. The first-order chi connectivity index (χ1) is 14.4. The Morgan fingerprint density at radius 2 is 1.63 bits per heavy atom. The van der Waals surface area contributed by atoms with E-state index < -0.39 is 6.04 Å². The van der Waals surface area contributed by atoms with Gasteiger partial charge < -0.3 is 10.2 Å². The van der Waals surface area contributed by atoms with E-state index in [1.165, 1.54) is 12.1 Å². The highest BCUT2D eigenvalue weighted by atomic mass is 19.1. The van der Waals surface area contributed by atoms with Crippen LogP contribution in [0.2, 0.25) is 0 Å². The van der Waals surface area contributed by atoms with Crippen molar-refractivity contribution in [2.75, 3.05) is 6.54 Å². The maximum Gasteiger partial charge on any atom is 0.243 e. The lowest BCUT2D eigenvalue weighted by molar-refractivity contribution is -0.143. The van der Waals surface area contributed by atoms with E-state index >= 15 is 0 Å². The molecule has 2 rings (SSSR count). The molecule has 2 aromatic carbocycles. The fourth-order valence-corrected chi connectivity index (χ4v) is 3.35. The van der Waals surface area contributed by atoms with Crippen LogP contribution >= 0.6 is 0 Å². The first kappa shape index (κ1) is 23.6. The van der Waals surface area contributed by atoms with Crippen LogP contribution in [0.3, 0.4) is 0 Å². The van der Waals surface area contributed by atoms with E-state index in [2.05, 4.69) is 12.2 Å². The molecule has 5 heteroatoms. The van der Waals surface area contributed by atoms with E-state index in [9.17, 15) is 14.0 Å². The van der Waals surface area contributed by atoms with Gasteiger partial charge >= 0.3 is 0 Å². The largest absolute Gasteiger partial charge is 0.354 e. The molecule has 2 aromatic rings. The van der Waals surface area contributed by atoms with E-state index in [0.29, 0.717) is 13.0 Å². The zero-order valence-electron chi connectivity index (χ0n) is 18.2. The Morgan fingerprint density at radius 3 is 2.23 bits per heavy atom. The van der Waals surface area contributed by atoms with Gasteiger partial charge in [0, 0.05) is 25.4 Å². The number of carbonyl (C=O) groups is 2. The molecule has 0 aromatic heterocycles. The smallest absolute Gasteiger partial charge is 0.243 e. The lowest BCUT2D eigenvalue weighted by Crippen LogP contribution is -2.51. The summed E-state index contributed by atoms with van der Waals surface area (Å²) < 4.78 is 13.3. The zero-order chi connectivity index (χ0) is 21.9. The molecule has 0 aliphatic rings. The van der Waals surface area contributed by atoms with Crippen molar-refractivity contribution >= 4 is 11.8 Å². The zero-order valence-corrected chi connectivity index (χ0v) is 18.2. The Bertz CT molecular complexity index is 791. The average molecular weight is 413 g/mol. The Labute approximate surface area is 179 Å². The van der Waals surface area contributed by atoms with E-state index in [4.69, 9.17) is 0 Å². The van der Waals surface area contributed by atoms with Gasteiger partial charge in [-0.05, 0) is 29.7 Å². The summed E-state index contributed by atoms with van der Waals surface area (Å²) >= 11 is 0. The average Bonchev–Trinajstić information content (AvgIpc) is 2.75. The van der Waals surface area contributed by atoms with Crippen molar-refractivity contribution < 1.29 is 14.0 Å². The molecule has 0 heterocycles. The predicted molar refractivity (Wildman–Crippen MR) is 118 cm³/mol. The lowest BCUT2D eigenvalue weighted by Gasteiger charge is -2.32. The summed E-state index contributed by atoms with van der Waals surface area (Å²) in [5.41, 5.74) is 1.79. The molecular weight excluding hydrogens is 379 g/mol. The third-order valence-corrected chi connectivity index (χ3v) is 5.07. The number of nitrogens with zero attached hydrogens (tertiary/aromatic N) is 1. The molecule has 4 nitrogen and oxygen atoms in total. The van der Waals surface area contributed by atoms with Gasteiger partial charge in [0.15, 0.2) is 0 Å². The summed E-state index contributed by atoms with van der Waals surface area (Å²) in [5, 5.41) is 3.01. The maximum absolute atomic E-state index is 13.3. The molecule has 1 atom stereocenters. The van der Waals surface area contributed by atoms with Crippen LogP contribution in [-0.4, -0.2) is 29.3 Å². The van der Waals surface area contributed by atoms with E-state index in [1.54, 1.807) is 17.0 Å². The molecule has 0 spiro atoms. The second-order valence-electron chi connectivity index (χ2n) is 7.95. The molecule has 0 aliphatic heterocycles. The molecule has 0 aliphatic carbocycles. The number of halogens is 1. The number of amides is 2. The normalized spacial score (nSPS) is 11.9. The Balaban J connectivity index is 2.30. The molecule has 1 N–H and O–H groups in total. The van der Waals surface area contributed by atoms with Gasteiger partial charge in [0.2, 0.25) is 11.8 Å². The van der Waals surface area contributed by atoms with Crippen molar-refractivity contribution in [1.29, 1.82) is 0 Å². The van der Waals surface area contributed by atoms with Crippen LogP contribution < -0.4 is 5.32 Å². The summed E-state index contributed by atoms with van der Waals surface area (Å²) in [5.74, 6) is -0.818. The number of carbonyl (C=O) groups excluding carboxylic acids is 2. The van der Waals surface area contributed by atoms with Crippen LogP contribution in [0.5, 0.6) is 0 Å². The minimum Gasteiger partial charge on any atom is -0.354 e. The minimum atomic E-state index is -0.631. The lowest BCUT2D eigenvalue weighted by atomic mass is 10.0. The first-order valence-corrected chi connectivity index (χ1v) is 10.8. The summed E-state index contributed by atoms with van der Waals surface area (Å²) in [6.45, 7) is 6.64. The van der Waals surface area contributed by atoms with Crippen LogP contribution in [0.1, 0.15) is 51.2 Å². The van der Waals surface area contributed by atoms with Crippen molar-refractivity contribution in [2.45, 2.75) is 59.0 Å². The van der Waals surface area contributed by atoms with Crippen molar-refractivity contribution in [3.63, 3.8) is 0 Å². The highest BCUT2D eigenvalue weighted by Gasteiger charge is 2.31. The van der Waals surface area contributed by atoms with Crippen molar-refractivity contribution in [1.82, 2.24) is 10.2 Å². The maximum atomic E-state index is 13.3. The highest BCUT2D eigenvalue weighted by molar-refractivity contribution is 5.88. The summed E-state index contributed by atoms with van der Waals surface area (Å²) in [7, 11) is 0.